The molecule has 4 nitrogen and oxygen atoms in total. The summed E-state index contributed by atoms with van der Waals surface area (Å²) in [6.45, 7) is 1.36. The fourth-order valence-electron chi connectivity index (χ4n) is 2.02. The first-order valence-electron chi connectivity index (χ1n) is 5.11. The summed E-state index contributed by atoms with van der Waals surface area (Å²) in [6.07, 6.45) is 4.43. The molecule has 1 saturated heterocycles. The summed E-state index contributed by atoms with van der Waals surface area (Å²) in [4.78, 5) is 0. The van der Waals surface area contributed by atoms with Gasteiger partial charge in [-0.25, -0.2) is 4.52 Å². The summed E-state index contributed by atoms with van der Waals surface area (Å²) in [5, 5.41) is 17.4. The number of hydrogen-bond acceptors (Lipinski definition) is 3. The van der Waals surface area contributed by atoms with Crippen molar-refractivity contribution in [1.82, 2.24) is 14.9 Å². The maximum absolute atomic E-state index is 10.0. The lowest BCUT2D eigenvalue weighted by Crippen LogP contribution is -2.60. The highest BCUT2D eigenvalue weighted by Crippen LogP contribution is 2.20. The molecule has 0 spiro atoms. The van der Waals surface area contributed by atoms with Crippen LogP contribution in [0.15, 0.2) is 30.6 Å². The summed E-state index contributed by atoms with van der Waals surface area (Å²) in [5.41, 5.74) is 1.62. The number of hydrogen-bond donors (Lipinski definition) is 2. The van der Waals surface area contributed by atoms with Crippen molar-refractivity contribution >= 4 is 5.52 Å². The van der Waals surface area contributed by atoms with E-state index in [1.807, 2.05) is 35.1 Å². The number of aliphatic hydroxyl groups is 1. The van der Waals surface area contributed by atoms with E-state index < -0.39 is 5.60 Å². The molecule has 0 unspecified atom stereocenters. The molecule has 78 valence electrons. The van der Waals surface area contributed by atoms with Gasteiger partial charge in [-0.2, -0.15) is 5.10 Å². The maximum atomic E-state index is 10.0. The first-order chi connectivity index (χ1) is 7.27. The summed E-state index contributed by atoms with van der Waals surface area (Å²) in [5.74, 6) is 0. The van der Waals surface area contributed by atoms with E-state index in [0.29, 0.717) is 19.5 Å². The third-order valence-corrected chi connectivity index (χ3v) is 2.93. The van der Waals surface area contributed by atoms with Gasteiger partial charge in [-0.15, -0.1) is 0 Å². The number of nitrogens with one attached hydrogen (secondary N) is 1. The van der Waals surface area contributed by atoms with E-state index in [9.17, 15) is 5.11 Å². The van der Waals surface area contributed by atoms with Gasteiger partial charge in [0.25, 0.3) is 0 Å². The topological polar surface area (TPSA) is 49.6 Å². The van der Waals surface area contributed by atoms with Crippen molar-refractivity contribution in [3.63, 3.8) is 0 Å². The Labute approximate surface area is 87.5 Å². The van der Waals surface area contributed by atoms with Crippen molar-refractivity contribution in [2.75, 3.05) is 13.1 Å². The second kappa shape index (κ2) is 3.05. The zero-order valence-electron chi connectivity index (χ0n) is 8.35. The van der Waals surface area contributed by atoms with Gasteiger partial charge in [-0.05, 0) is 12.1 Å². The Morgan fingerprint density at radius 2 is 2.33 bits per heavy atom. The smallest absolute Gasteiger partial charge is 0.0936 e. The SMILES string of the molecule is OC1(Cc2cnn3ccccc23)CNC1. The molecule has 3 rings (SSSR count). The monoisotopic (exact) mass is 203 g/mol. The van der Waals surface area contributed by atoms with E-state index in [1.54, 1.807) is 0 Å². The van der Waals surface area contributed by atoms with Gasteiger partial charge >= 0.3 is 0 Å². The number of pyridine rings is 1. The molecule has 0 amide bonds. The third kappa shape index (κ3) is 1.42. The maximum Gasteiger partial charge on any atom is 0.0936 e. The normalized spacial score (nSPS) is 19.0. The zero-order chi connectivity index (χ0) is 10.3. The Balaban J connectivity index is 1.97. The molecule has 0 saturated carbocycles. The van der Waals surface area contributed by atoms with E-state index in [1.165, 1.54) is 0 Å². The van der Waals surface area contributed by atoms with Crippen molar-refractivity contribution in [3.8, 4) is 0 Å². The zero-order valence-corrected chi connectivity index (χ0v) is 8.35. The predicted octanol–water partition coefficient (Wildman–Crippen LogP) is 0.211. The van der Waals surface area contributed by atoms with E-state index in [0.717, 1.165) is 11.1 Å². The minimum absolute atomic E-state index is 0.570. The fraction of sp³-hybridized carbons (Fsp3) is 0.364. The number of nitrogens with zero attached hydrogens (tertiary/aromatic N) is 2. The third-order valence-electron chi connectivity index (χ3n) is 2.93. The van der Waals surface area contributed by atoms with Crippen LogP contribution in [0, 0.1) is 0 Å². The van der Waals surface area contributed by atoms with Gasteiger partial charge in [-0.1, -0.05) is 6.07 Å². The summed E-state index contributed by atoms with van der Waals surface area (Å²) < 4.78 is 1.84. The van der Waals surface area contributed by atoms with Crippen LogP contribution in [0.25, 0.3) is 5.52 Å². The van der Waals surface area contributed by atoms with Crippen molar-refractivity contribution in [2.45, 2.75) is 12.0 Å². The quantitative estimate of drug-likeness (QED) is 0.733. The minimum atomic E-state index is -0.570. The molecule has 0 bridgehead atoms. The Hall–Kier alpha value is -1.39. The van der Waals surface area contributed by atoms with Crippen LogP contribution in [0.1, 0.15) is 5.56 Å². The van der Waals surface area contributed by atoms with E-state index in [-0.39, 0.29) is 0 Å². The second-order valence-electron chi connectivity index (χ2n) is 4.20. The summed E-state index contributed by atoms with van der Waals surface area (Å²) in [7, 11) is 0. The molecule has 2 aromatic heterocycles. The lowest BCUT2D eigenvalue weighted by molar-refractivity contribution is -0.00876. The van der Waals surface area contributed by atoms with Gasteiger partial charge < -0.3 is 10.4 Å². The predicted molar refractivity (Wildman–Crippen MR) is 56.7 cm³/mol. The Morgan fingerprint density at radius 1 is 1.47 bits per heavy atom. The standard InChI is InChI=1S/C11H13N3O/c15-11(7-12-8-11)5-9-6-13-14-4-2-1-3-10(9)14/h1-4,6,12,15H,5,7-8H2. The number of fused-ring (bicyclic) bond motifs is 1. The molecule has 0 radical (unpaired) electrons. The second-order valence-corrected chi connectivity index (χ2v) is 4.20. The molecule has 1 fully saturated rings. The molecule has 0 aliphatic carbocycles. The average Bonchev–Trinajstić information content (AvgIpc) is 2.60. The first-order valence-corrected chi connectivity index (χ1v) is 5.11. The minimum Gasteiger partial charge on any atom is -0.387 e. The molecular weight excluding hydrogens is 190 g/mol. The van der Waals surface area contributed by atoms with Gasteiger partial charge in [0.2, 0.25) is 0 Å². The highest BCUT2D eigenvalue weighted by Gasteiger charge is 2.34. The summed E-state index contributed by atoms with van der Waals surface area (Å²) in [6, 6.07) is 5.96. The fourth-order valence-corrected chi connectivity index (χ4v) is 2.02. The van der Waals surface area contributed by atoms with Gasteiger partial charge in [0.05, 0.1) is 17.3 Å². The lowest BCUT2D eigenvalue weighted by Gasteiger charge is -2.37. The van der Waals surface area contributed by atoms with E-state index in [4.69, 9.17) is 0 Å². The number of rotatable bonds is 2. The van der Waals surface area contributed by atoms with Crippen molar-refractivity contribution in [3.05, 3.63) is 36.2 Å². The number of β-amino-alcohol motifs (C(OH)–C–C–N with tert-alkyl or cyclic N) is 1. The van der Waals surface area contributed by atoms with Crippen LogP contribution in [0.5, 0.6) is 0 Å². The van der Waals surface area contributed by atoms with Crippen molar-refractivity contribution < 1.29 is 5.11 Å². The van der Waals surface area contributed by atoms with Gasteiger partial charge in [0, 0.05) is 31.3 Å². The van der Waals surface area contributed by atoms with Gasteiger partial charge in [0.15, 0.2) is 0 Å². The number of aromatic nitrogens is 2. The largest absolute Gasteiger partial charge is 0.387 e. The molecule has 4 heteroatoms. The van der Waals surface area contributed by atoms with Gasteiger partial charge in [0.1, 0.15) is 0 Å². The van der Waals surface area contributed by atoms with E-state index >= 15 is 0 Å². The van der Waals surface area contributed by atoms with Crippen LogP contribution < -0.4 is 5.32 Å². The average molecular weight is 203 g/mol. The van der Waals surface area contributed by atoms with Crippen LogP contribution in [-0.4, -0.2) is 33.4 Å². The van der Waals surface area contributed by atoms with Crippen LogP contribution in [0.3, 0.4) is 0 Å². The molecule has 2 aromatic rings. The molecule has 0 aromatic carbocycles. The molecular formula is C11H13N3O. The lowest BCUT2D eigenvalue weighted by atomic mass is 9.90. The molecule has 0 atom stereocenters. The van der Waals surface area contributed by atoms with Crippen LogP contribution in [0.4, 0.5) is 0 Å². The van der Waals surface area contributed by atoms with Crippen molar-refractivity contribution in [2.24, 2.45) is 0 Å². The molecule has 3 heterocycles. The first kappa shape index (κ1) is 8.88. The van der Waals surface area contributed by atoms with Crippen molar-refractivity contribution in [1.29, 1.82) is 0 Å². The molecule has 15 heavy (non-hydrogen) atoms. The Kier molecular flexibility index (Phi) is 1.81. The summed E-state index contributed by atoms with van der Waals surface area (Å²) >= 11 is 0. The highest BCUT2D eigenvalue weighted by atomic mass is 16.3. The molecule has 1 aliphatic heterocycles. The highest BCUT2D eigenvalue weighted by molar-refractivity contribution is 5.54. The van der Waals surface area contributed by atoms with E-state index in [2.05, 4.69) is 10.4 Å². The van der Waals surface area contributed by atoms with Crippen LogP contribution in [0.2, 0.25) is 0 Å². The van der Waals surface area contributed by atoms with Gasteiger partial charge in [-0.3, -0.25) is 0 Å². The van der Waals surface area contributed by atoms with Crippen LogP contribution in [-0.2, 0) is 6.42 Å². The Morgan fingerprint density at radius 3 is 3.07 bits per heavy atom. The van der Waals surface area contributed by atoms with Crippen LogP contribution >= 0.6 is 0 Å². The Bertz CT molecular complexity index is 487. The molecule has 2 N–H and O–H groups in total. The molecule has 1 aliphatic rings.